The monoisotopic (exact) mass is 396 g/mol. The number of hydrogen-bond acceptors (Lipinski definition) is 6. The van der Waals surface area contributed by atoms with E-state index in [2.05, 4.69) is 24.1 Å². The van der Waals surface area contributed by atoms with Crippen molar-refractivity contribution in [2.45, 2.75) is 58.5 Å². The van der Waals surface area contributed by atoms with Crippen molar-refractivity contribution in [3.63, 3.8) is 0 Å². The van der Waals surface area contributed by atoms with E-state index in [4.69, 9.17) is 9.47 Å². The summed E-state index contributed by atoms with van der Waals surface area (Å²) in [5, 5.41) is 3.34. The van der Waals surface area contributed by atoms with Crippen molar-refractivity contribution in [1.82, 2.24) is 10.3 Å². The summed E-state index contributed by atoms with van der Waals surface area (Å²) >= 11 is 0. The molecule has 3 aliphatic rings. The predicted molar refractivity (Wildman–Crippen MR) is 108 cm³/mol. The molecule has 0 spiro atoms. The molecule has 0 aromatic carbocycles. The first-order valence-corrected chi connectivity index (χ1v) is 10.3. The lowest BCUT2D eigenvalue weighted by atomic mass is 9.69. The van der Waals surface area contributed by atoms with Gasteiger partial charge in [-0.2, -0.15) is 0 Å². The second kappa shape index (κ2) is 7.75. The molecule has 0 bridgehead atoms. The minimum absolute atomic E-state index is 0.0448. The molecule has 4 rings (SSSR count). The standard InChI is InChI=1S/C23H28N2O4/c1-14-19(22(27)29-13-15-7-6-10-28-15)21(16-8-4-5-9-24-16)20-17(25-14)11-23(2,3)12-18(20)26/h4-5,8-9,15,21,25H,6-7,10-13H2,1-3H3/t15-,21+/m0/s1. The van der Waals surface area contributed by atoms with Crippen LogP contribution in [0.1, 0.15) is 58.1 Å². The Bertz CT molecular complexity index is 879. The molecule has 1 N–H and O–H groups in total. The van der Waals surface area contributed by atoms with Crippen LogP contribution in [0, 0.1) is 5.41 Å². The lowest BCUT2D eigenvalue weighted by Gasteiger charge is -2.39. The first kappa shape index (κ1) is 19.8. The quantitative estimate of drug-likeness (QED) is 0.786. The fraction of sp³-hybridized carbons (Fsp3) is 0.522. The molecule has 1 aromatic heterocycles. The summed E-state index contributed by atoms with van der Waals surface area (Å²) in [6, 6.07) is 5.58. The maximum atomic E-state index is 13.1. The summed E-state index contributed by atoms with van der Waals surface area (Å²) in [4.78, 5) is 30.8. The van der Waals surface area contributed by atoms with Gasteiger partial charge in [-0.15, -0.1) is 0 Å². The molecule has 2 aliphatic heterocycles. The van der Waals surface area contributed by atoms with Crippen LogP contribution in [0.4, 0.5) is 0 Å². The minimum atomic E-state index is -0.506. The number of aromatic nitrogens is 1. The van der Waals surface area contributed by atoms with Gasteiger partial charge in [-0.3, -0.25) is 9.78 Å². The maximum Gasteiger partial charge on any atom is 0.336 e. The van der Waals surface area contributed by atoms with Crippen LogP contribution in [0.25, 0.3) is 0 Å². The van der Waals surface area contributed by atoms with E-state index in [1.807, 2.05) is 25.1 Å². The maximum absolute atomic E-state index is 13.1. The fourth-order valence-electron chi connectivity index (χ4n) is 4.57. The Kier molecular flexibility index (Phi) is 5.30. The van der Waals surface area contributed by atoms with Gasteiger partial charge in [0.1, 0.15) is 6.61 Å². The van der Waals surface area contributed by atoms with Crippen LogP contribution in [0.15, 0.2) is 46.9 Å². The van der Waals surface area contributed by atoms with Crippen molar-refractivity contribution in [1.29, 1.82) is 0 Å². The summed E-state index contributed by atoms with van der Waals surface area (Å²) in [6.45, 7) is 7.00. The second-order valence-electron chi connectivity index (χ2n) is 8.92. The van der Waals surface area contributed by atoms with Crippen LogP contribution in [0.2, 0.25) is 0 Å². The molecule has 29 heavy (non-hydrogen) atoms. The van der Waals surface area contributed by atoms with Crippen LogP contribution >= 0.6 is 0 Å². The van der Waals surface area contributed by atoms with Crippen LogP contribution in [0.5, 0.6) is 0 Å². The Hall–Kier alpha value is -2.47. The minimum Gasteiger partial charge on any atom is -0.459 e. The smallest absolute Gasteiger partial charge is 0.336 e. The lowest BCUT2D eigenvalue weighted by molar-refractivity contribution is -0.142. The van der Waals surface area contributed by atoms with Gasteiger partial charge >= 0.3 is 5.97 Å². The molecule has 1 aromatic rings. The molecule has 0 amide bonds. The molecular formula is C23H28N2O4. The number of dihydropyridines is 1. The van der Waals surface area contributed by atoms with E-state index >= 15 is 0 Å². The number of hydrogen-bond donors (Lipinski definition) is 1. The number of carbonyl (C=O) groups excluding carboxylic acids is 2. The number of ether oxygens (including phenoxy) is 2. The van der Waals surface area contributed by atoms with Crippen molar-refractivity contribution >= 4 is 11.8 Å². The number of pyridine rings is 1. The molecule has 6 nitrogen and oxygen atoms in total. The zero-order chi connectivity index (χ0) is 20.6. The van der Waals surface area contributed by atoms with E-state index in [9.17, 15) is 9.59 Å². The zero-order valence-electron chi connectivity index (χ0n) is 17.3. The van der Waals surface area contributed by atoms with Gasteiger partial charge in [-0.1, -0.05) is 19.9 Å². The Morgan fingerprint density at radius 2 is 2.17 bits per heavy atom. The number of rotatable bonds is 4. The van der Waals surface area contributed by atoms with E-state index in [0.29, 0.717) is 29.9 Å². The van der Waals surface area contributed by atoms with Gasteiger partial charge in [0.2, 0.25) is 0 Å². The van der Waals surface area contributed by atoms with Crippen molar-refractivity contribution < 1.29 is 19.1 Å². The molecule has 1 aliphatic carbocycles. The zero-order valence-corrected chi connectivity index (χ0v) is 17.3. The highest BCUT2D eigenvalue weighted by Gasteiger charge is 2.43. The largest absolute Gasteiger partial charge is 0.459 e. The normalized spacial score (nSPS) is 26.2. The van der Waals surface area contributed by atoms with Crippen LogP contribution in [-0.2, 0) is 19.1 Å². The predicted octanol–water partition coefficient (Wildman–Crippen LogP) is 3.41. The summed E-state index contributed by atoms with van der Waals surface area (Å²) in [6.07, 6.45) is 4.75. The number of nitrogens with zero attached hydrogens (tertiary/aromatic N) is 1. The third-order valence-corrected chi connectivity index (χ3v) is 5.87. The Balaban J connectivity index is 1.70. The van der Waals surface area contributed by atoms with Gasteiger partial charge in [0, 0.05) is 36.2 Å². The van der Waals surface area contributed by atoms with E-state index in [0.717, 1.165) is 30.7 Å². The topological polar surface area (TPSA) is 77.5 Å². The molecule has 0 radical (unpaired) electrons. The average molecular weight is 396 g/mol. The summed E-state index contributed by atoms with van der Waals surface area (Å²) < 4.78 is 11.2. The first-order valence-electron chi connectivity index (χ1n) is 10.3. The molecule has 6 heteroatoms. The third-order valence-electron chi connectivity index (χ3n) is 5.87. The van der Waals surface area contributed by atoms with Gasteiger partial charge in [-0.05, 0) is 43.7 Å². The molecule has 154 valence electrons. The summed E-state index contributed by atoms with van der Waals surface area (Å²) in [7, 11) is 0. The van der Waals surface area contributed by atoms with E-state index in [1.165, 1.54) is 0 Å². The highest BCUT2D eigenvalue weighted by Crippen LogP contribution is 2.46. The van der Waals surface area contributed by atoms with Crippen LogP contribution in [-0.4, -0.2) is 36.1 Å². The Morgan fingerprint density at radius 3 is 2.86 bits per heavy atom. The molecule has 0 saturated carbocycles. The van der Waals surface area contributed by atoms with E-state index in [-0.39, 0.29) is 23.9 Å². The SMILES string of the molecule is CC1=C(C(=O)OC[C@@H]2CCCO2)[C@@H](c2ccccn2)C2=C(CC(C)(C)CC2=O)N1. The van der Waals surface area contributed by atoms with Gasteiger partial charge in [0.25, 0.3) is 0 Å². The van der Waals surface area contributed by atoms with Crippen molar-refractivity contribution in [2.75, 3.05) is 13.2 Å². The van der Waals surface area contributed by atoms with Crippen LogP contribution < -0.4 is 5.32 Å². The molecule has 1 fully saturated rings. The number of nitrogens with one attached hydrogen (secondary N) is 1. The number of esters is 1. The third kappa shape index (κ3) is 3.99. The Morgan fingerprint density at radius 1 is 1.34 bits per heavy atom. The number of Topliss-reactive ketones (excluding diaryl/α,β-unsaturated/α-hetero) is 1. The fourth-order valence-corrected chi connectivity index (χ4v) is 4.57. The van der Waals surface area contributed by atoms with Crippen molar-refractivity contribution in [3.05, 3.63) is 52.6 Å². The number of ketones is 1. The van der Waals surface area contributed by atoms with E-state index < -0.39 is 11.9 Å². The van der Waals surface area contributed by atoms with Crippen molar-refractivity contribution in [2.24, 2.45) is 5.41 Å². The molecule has 0 unspecified atom stereocenters. The highest BCUT2D eigenvalue weighted by molar-refractivity contribution is 6.04. The molecule has 1 saturated heterocycles. The highest BCUT2D eigenvalue weighted by atomic mass is 16.6. The second-order valence-corrected chi connectivity index (χ2v) is 8.92. The molecular weight excluding hydrogens is 368 g/mol. The van der Waals surface area contributed by atoms with Gasteiger partial charge in [0.05, 0.1) is 23.3 Å². The lowest BCUT2D eigenvalue weighted by Crippen LogP contribution is -2.39. The Labute approximate surface area is 171 Å². The first-order chi connectivity index (χ1) is 13.9. The summed E-state index contributed by atoms with van der Waals surface area (Å²) in [5.74, 6) is -0.852. The van der Waals surface area contributed by atoms with Crippen LogP contribution in [0.3, 0.4) is 0 Å². The van der Waals surface area contributed by atoms with Gasteiger partial charge in [-0.25, -0.2) is 4.79 Å². The number of allylic oxidation sites excluding steroid dienone is 3. The van der Waals surface area contributed by atoms with E-state index in [1.54, 1.807) is 6.20 Å². The molecule has 3 heterocycles. The average Bonchev–Trinajstić information content (AvgIpc) is 3.18. The molecule has 2 atom stereocenters. The number of carbonyl (C=O) groups is 2. The van der Waals surface area contributed by atoms with Gasteiger partial charge in [0.15, 0.2) is 5.78 Å². The van der Waals surface area contributed by atoms with Crippen molar-refractivity contribution in [3.8, 4) is 0 Å². The summed E-state index contributed by atoms with van der Waals surface area (Å²) in [5.41, 5.74) is 3.32. The van der Waals surface area contributed by atoms with Gasteiger partial charge < -0.3 is 14.8 Å².